The molecule has 0 unspecified atom stereocenters. The molecule has 8 heteroatoms. The third-order valence-electron chi connectivity index (χ3n) is 4.73. The van der Waals surface area contributed by atoms with Gasteiger partial charge in [-0.2, -0.15) is 0 Å². The number of nitrogens with zero attached hydrogens (tertiary/aromatic N) is 3. The van der Waals surface area contributed by atoms with Gasteiger partial charge in [-0.25, -0.2) is 9.67 Å². The van der Waals surface area contributed by atoms with Gasteiger partial charge in [0.25, 0.3) is 5.91 Å². The molecule has 0 bridgehead atoms. The fourth-order valence-electron chi connectivity index (χ4n) is 3.05. The summed E-state index contributed by atoms with van der Waals surface area (Å²) in [6.45, 7) is 1.83. The Morgan fingerprint density at radius 2 is 1.77 bits per heavy atom. The first kappa shape index (κ1) is 20.9. The molecule has 31 heavy (non-hydrogen) atoms. The molecule has 1 N–H and O–H groups in total. The van der Waals surface area contributed by atoms with Crippen molar-refractivity contribution in [2.75, 3.05) is 12.4 Å². The van der Waals surface area contributed by atoms with Crippen LogP contribution >= 0.6 is 23.2 Å². The second kappa shape index (κ2) is 8.79. The van der Waals surface area contributed by atoms with Crippen molar-refractivity contribution in [3.05, 3.63) is 88.2 Å². The molecule has 6 nitrogen and oxygen atoms in total. The molecule has 4 aromatic rings. The third-order valence-corrected chi connectivity index (χ3v) is 5.37. The molecule has 0 aliphatic heterocycles. The predicted molar refractivity (Wildman–Crippen MR) is 122 cm³/mol. The highest BCUT2D eigenvalue weighted by molar-refractivity contribution is 6.32. The van der Waals surface area contributed by atoms with Crippen molar-refractivity contribution in [1.82, 2.24) is 14.8 Å². The fraction of sp³-hybridized carbons (Fsp3) is 0.0870. The van der Waals surface area contributed by atoms with Gasteiger partial charge in [0.05, 0.1) is 12.8 Å². The summed E-state index contributed by atoms with van der Waals surface area (Å²) >= 11 is 12.3. The Balaban J connectivity index is 1.77. The number of anilines is 1. The van der Waals surface area contributed by atoms with Crippen molar-refractivity contribution in [3.63, 3.8) is 0 Å². The lowest BCUT2D eigenvalue weighted by Gasteiger charge is -2.07. The summed E-state index contributed by atoms with van der Waals surface area (Å²) in [6, 6.07) is 19.8. The molecule has 0 aliphatic carbocycles. The Morgan fingerprint density at radius 1 is 1.03 bits per heavy atom. The van der Waals surface area contributed by atoms with Crippen LogP contribution in [0.4, 0.5) is 5.69 Å². The Morgan fingerprint density at radius 3 is 2.48 bits per heavy atom. The van der Waals surface area contributed by atoms with Gasteiger partial charge >= 0.3 is 0 Å². The Labute approximate surface area is 189 Å². The van der Waals surface area contributed by atoms with Crippen molar-refractivity contribution < 1.29 is 9.53 Å². The van der Waals surface area contributed by atoms with Gasteiger partial charge in [0.15, 0.2) is 5.82 Å². The van der Waals surface area contributed by atoms with Crippen LogP contribution in [0.5, 0.6) is 5.75 Å². The number of carbonyl (C=O) groups is 1. The number of benzene rings is 3. The third kappa shape index (κ3) is 4.40. The standard InChI is InChI=1S/C23H18Cl2N4O2/c1-14-19(25)7-4-8-20(14)26-23(30)21-27-22(15-5-3-6-16(24)13-15)29(28-21)17-9-11-18(31-2)12-10-17/h3-13H,1-2H3,(H,26,30). The molecular weight excluding hydrogens is 435 g/mol. The van der Waals surface area contributed by atoms with Crippen LogP contribution in [-0.4, -0.2) is 27.8 Å². The molecule has 1 amide bonds. The Hall–Kier alpha value is -3.35. The lowest BCUT2D eigenvalue weighted by Crippen LogP contribution is -2.15. The van der Waals surface area contributed by atoms with Gasteiger partial charge in [-0.1, -0.05) is 41.4 Å². The summed E-state index contributed by atoms with van der Waals surface area (Å²) in [4.78, 5) is 17.4. The van der Waals surface area contributed by atoms with Crippen molar-refractivity contribution in [2.24, 2.45) is 0 Å². The Bertz CT molecular complexity index is 1250. The van der Waals surface area contributed by atoms with E-state index in [1.165, 1.54) is 0 Å². The van der Waals surface area contributed by atoms with Crippen molar-refractivity contribution in [2.45, 2.75) is 6.92 Å². The van der Waals surface area contributed by atoms with E-state index in [4.69, 9.17) is 27.9 Å². The minimum Gasteiger partial charge on any atom is -0.497 e. The SMILES string of the molecule is COc1ccc(-n2nc(C(=O)Nc3cccc(Cl)c3C)nc2-c2cccc(Cl)c2)cc1. The van der Waals surface area contributed by atoms with Gasteiger partial charge in [0.1, 0.15) is 5.75 Å². The highest BCUT2D eigenvalue weighted by atomic mass is 35.5. The summed E-state index contributed by atoms with van der Waals surface area (Å²) in [6.07, 6.45) is 0. The van der Waals surface area contributed by atoms with E-state index in [-0.39, 0.29) is 5.82 Å². The van der Waals surface area contributed by atoms with Crippen LogP contribution in [0, 0.1) is 6.92 Å². The number of hydrogen-bond donors (Lipinski definition) is 1. The van der Waals surface area contributed by atoms with Crippen LogP contribution in [0.2, 0.25) is 10.0 Å². The van der Waals surface area contributed by atoms with E-state index in [0.29, 0.717) is 27.3 Å². The number of nitrogens with one attached hydrogen (secondary N) is 1. The highest BCUT2D eigenvalue weighted by Crippen LogP contribution is 2.26. The van der Waals surface area contributed by atoms with E-state index < -0.39 is 5.91 Å². The first-order chi connectivity index (χ1) is 15.0. The number of rotatable bonds is 5. The van der Waals surface area contributed by atoms with Gasteiger partial charge in [0, 0.05) is 21.3 Å². The van der Waals surface area contributed by atoms with E-state index in [2.05, 4.69) is 15.4 Å². The number of halogens is 2. The molecule has 0 atom stereocenters. The zero-order valence-corrected chi connectivity index (χ0v) is 18.3. The van der Waals surface area contributed by atoms with E-state index in [0.717, 1.165) is 16.8 Å². The summed E-state index contributed by atoms with van der Waals surface area (Å²) < 4.78 is 6.83. The van der Waals surface area contributed by atoms with Crippen LogP contribution in [0.3, 0.4) is 0 Å². The molecule has 0 aliphatic rings. The monoisotopic (exact) mass is 452 g/mol. The number of amides is 1. The van der Waals surface area contributed by atoms with E-state index >= 15 is 0 Å². The normalized spacial score (nSPS) is 10.7. The average Bonchev–Trinajstić information content (AvgIpc) is 3.23. The maximum absolute atomic E-state index is 12.9. The van der Waals surface area contributed by atoms with Gasteiger partial charge in [0.2, 0.25) is 5.82 Å². The minimum absolute atomic E-state index is 0.0187. The quantitative estimate of drug-likeness (QED) is 0.414. The minimum atomic E-state index is -0.444. The lowest BCUT2D eigenvalue weighted by molar-refractivity contribution is 0.101. The van der Waals surface area contributed by atoms with Gasteiger partial charge in [-0.3, -0.25) is 4.79 Å². The smallest absolute Gasteiger partial charge is 0.295 e. The zero-order chi connectivity index (χ0) is 22.0. The number of methoxy groups -OCH3 is 1. The predicted octanol–water partition coefficient (Wildman–Crippen LogP) is 5.81. The second-order valence-electron chi connectivity index (χ2n) is 6.75. The maximum atomic E-state index is 12.9. The molecule has 3 aromatic carbocycles. The molecular formula is C23H18Cl2N4O2. The molecule has 0 saturated heterocycles. The first-order valence-corrected chi connectivity index (χ1v) is 10.2. The number of aromatic nitrogens is 3. The van der Waals surface area contributed by atoms with Gasteiger partial charge in [-0.15, -0.1) is 5.10 Å². The summed E-state index contributed by atoms with van der Waals surface area (Å²) in [7, 11) is 1.60. The maximum Gasteiger partial charge on any atom is 0.295 e. The molecule has 156 valence electrons. The van der Waals surface area contributed by atoms with E-state index in [9.17, 15) is 4.79 Å². The molecule has 0 spiro atoms. The number of ether oxygens (including phenoxy) is 1. The van der Waals surface area contributed by atoms with Crippen molar-refractivity contribution in [3.8, 4) is 22.8 Å². The summed E-state index contributed by atoms with van der Waals surface area (Å²) in [5.41, 5.74) is 2.82. The molecule has 0 radical (unpaired) electrons. The van der Waals surface area contributed by atoms with E-state index in [1.807, 2.05) is 43.3 Å². The molecule has 4 rings (SSSR count). The summed E-state index contributed by atoms with van der Waals surface area (Å²) in [5.74, 6) is 0.772. The zero-order valence-electron chi connectivity index (χ0n) is 16.8. The molecule has 0 saturated carbocycles. The highest BCUT2D eigenvalue weighted by Gasteiger charge is 2.20. The van der Waals surface area contributed by atoms with Gasteiger partial charge < -0.3 is 10.1 Å². The Kier molecular flexibility index (Phi) is 5.93. The van der Waals surface area contributed by atoms with Crippen LogP contribution in [-0.2, 0) is 0 Å². The fourth-order valence-corrected chi connectivity index (χ4v) is 3.41. The molecule has 1 heterocycles. The van der Waals surface area contributed by atoms with Crippen LogP contribution in [0.1, 0.15) is 16.2 Å². The molecule has 0 fully saturated rings. The van der Waals surface area contributed by atoms with E-state index in [1.54, 1.807) is 42.1 Å². The van der Waals surface area contributed by atoms with Crippen LogP contribution in [0.25, 0.3) is 17.1 Å². The van der Waals surface area contributed by atoms with Crippen LogP contribution in [0.15, 0.2) is 66.7 Å². The lowest BCUT2D eigenvalue weighted by atomic mass is 10.2. The number of carbonyl (C=O) groups excluding carboxylic acids is 1. The second-order valence-corrected chi connectivity index (χ2v) is 7.59. The van der Waals surface area contributed by atoms with Crippen molar-refractivity contribution >= 4 is 34.8 Å². The van der Waals surface area contributed by atoms with Gasteiger partial charge in [-0.05, 0) is 61.0 Å². The largest absolute Gasteiger partial charge is 0.497 e. The average molecular weight is 453 g/mol. The topological polar surface area (TPSA) is 69.0 Å². The first-order valence-electron chi connectivity index (χ1n) is 9.40. The number of hydrogen-bond acceptors (Lipinski definition) is 4. The summed E-state index contributed by atoms with van der Waals surface area (Å²) in [5, 5.41) is 8.42. The van der Waals surface area contributed by atoms with Crippen LogP contribution < -0.4 is 10.1 Å². The molecule has 1 aromatic heterocycles. The van der Waals surface area contributed by atoms with Crippen molar-refractivity contribution in [1.29, 1.82) is 0 Å².